The molecule has 0 aliphatic heterocycles. The highest BCUT2D eigenvalue weighted by Gasteiger charge is 2.47. The first-order valence-electron chi connectivity index (χ1n) is 10.2. The van der Waals surface area contributed by atoms with E-state index in [4.69, 9.17) is 4.74 Å². The lowest BCUT2D eigenvalue weighted by molar-refractivity contribution is -0.144. The molecule has 2 rings (SSSR count). The molecular weight excluding hydrogens is 398 g/mol. The number of sulfone groups is 1. The van der Waals surface area contributed by atoms with Crippen molar-refractivity contribution < 1.29 is 17.9 Å². The molecule has 6 heteroatoms. The summed E-state index contributed by atoms with van der Waals surface area (Å²) in [6, 6.07) is 18.0. The molecule has 0 bridgehead atoms. The van der Waals surface area contributed by atoms with Crippen molar-refractivity contribution in [2.75, 3.05) is 13.2 Å². The molecule has 0 saturated heterocycles. The second-order valence-corrected chi connectivity index (χ2v) is 9.64. The summed E-state index contributed by atoms with van der Waals surface area (Å²) in [6.07, 6.45) is 1.44. The van der Waals surface area contributed by atoms with Crippen LogP contribution in [0.3, 0.4) is 0 Å². The van der Waals surface area contributed by atoms with Crippen LogP contribution in [0.4, 0.5) is 0 Å². The summed E-state index contributed by atoms with van der Waals surface area (Å²) in [6.45, 7) is 9.71. The normalized spacial score (nSPS) is 15.6. The fourth-order valence-corrected chi connectivity index (χ4v) is 5.61. The van der Waals surface area contributed by atoms with Crippen molar-refractivity contribution in [3.8, 4) is 0 Å². The van der Waals surface area contributed by atoms with Crippen LogP contribution in [-0.4, -0.2) is 32.3 Å². The van der Waals surface area contributed by atoms with E-state index in [9.17, 15) is 13.2 Å². The monoisotopic (exact) mass is 429 g/mol. The van der Waals surface area contributed by atoms with Crippen molar-refractivity contribution in [1.29, 1.82) is 0 Å². The molecule has 2 aromatic rings. The molecule has 0 radical (unpaired) electrons. The van der Waals surface area contributed by atoms with Gasteiger partial charge >= 0.3 is 5.97 Å². The van der Waals surface area contributed by atoms with Gasteiger partial charge in [0.25, 0.3) is 0 Å². The second kappa shape index (κ2) is 10.5. The minimum atomic E-state index is -3.84. The Morgan fingerprint density at radius 3 is 2.20 bits per heavy atom. The minimum Gasteiger partial charge on any atom is -0.466 e. The fourth-order valence-electron chi connectivity index (χ4n) is 3.55. The van der Waals surface area contributed by atoms with E-state index in [1.807, 2.05) is 37.3 Å². The number of benzene rings is 2. The number of hydrogen-bond donors (Lipinski definition) is 1. The van der Waals surface area contributed by atoms with E-state index in [0.29, 0.717) is 0 Å². The zero-order valence-corrected chi connectivity index (χ0v) is 18.7. The molecule has 1 N–H and O–H groups in total. The maximum absolute atomic E-state index is 13.8. The van der Waals surface area contributed by atoms with E-state index in [1.54, 1.807) is 44.2 Å². The first-order valence-corrected chi connectivity index (χ1v) is 11.6. The topological polar surface area (TPSA) is 72.5 Å². The average Bonchev–Trinajstić information content (AvgIpc) is 2.75. The van der Waals surface area contributed by atoms with Crippen LogP contribution in [0.2, 0.25) is 0 Å². The Hall–Kier alpha value is -2.44. The molecule has 2 aromatic carbocycles. The first kappa shape index (κ1) is 23.8. The van der Waals surface area contributed by atoms with Gasteiger partial charge in [0.05, 0.1) is 11.5 Å². The number of esters is 1. The van der Waals surface area contributed by atoms with Crippen LogP contribution in [0.25, 0.3) is 0 Å². The molecule has 0 saturated carbocycles. The van der Waals surface area contributed by atoms with Gasteiger partial charge in [-0.05, 0) is 37.5 Å². The molecule has 0 fully saturated rings. The molecule has 0 spiro atoms. The van der Waals surface area contributed by atoms with Crippen LogP contribution in [0.1, 0.15) is 38.8 Å². The smallest absolute Gasteiger partial charge is 0.306 e. The Kier molecular flexibility index (Phi) is 8.38. The number of rotatable bonds is 11. The van der Waals surface area contributed by atoms with Crippen molar-refractivity contribution in [3.05, 3.63) is 78.9 Å². The quantitative estimate of drug-likeness (QED) is 0.425. The van der Waals surface area contributed by atoms with Gasteiger partial charge in [-0.1, -0.05) is 61.5 Å². The predicted octanol–water partition coefficient (Wildman–Crippen LogP) is 4.33. The minimum absolute atomic E-state index is 0.0205. The van der Waals surface area contributed by atoms with E-state index in [-0.39, 0.29) is 30.5 Å². The summed E-state index contributed by atoms with van der Waals surface area (Å²) >= 11 is 0. The summed E-state index contributed by atoms with van der Waals surface area (Å²) in [7, 11) is -3.84. The lowest BCUT2D eigenvalue weighted by Gasteiger charge is -2.37. The van der Waals surface area contributed by atoms with Crippen molar-refractivity contribution >= 4 is 15.8 Å². The molecule has 0 aromatic heterocycles. The number of ether oxygens (including phenoxy) is 1. The van der Waals surface area contributed by atoms with Gasteiger partial charge in [-0.3, -0.25) is 4.79 Å². The van der Waals surface area contributed by atoms with Gasteiger partial charge in [-0.25, -0.2) is 8.42 Å². The summed E-state index contributed by atoms with van der Waals surface area (Å²) in [5, 5.41) is 3.35. The fraction of sp³-hybridized carbons (Fsp3) is 0.375. The van der Waals surface area contributed by atoms with Crippen LogP contribution in [0.5, 0.6) is 0 Å². The van der Waals surface area contributed by atoms with Gasteiger partial charge in [-0.15, -0.1) is 6.58 Å². The van der Waals surface area contributed by atoms with Gasteiger partial charge in [0.15, 0.2) is 9.84 Å². The molecule has 3 atom stereocenters. The van der Waals surface area contributed by atoms with E-state index in [1.165, 1.54) is 6.08 Å². The molecular formula is C24H31NO4S. The molecule has 30 heavy (non-hydrogen) atoms. The Bertz CT molecular complexity index is 928. The summed E-state index contributed by atoms with van der Waals surface area (Å²) in [5.41, 5.74) is 1.05. The molecule has 0 aliphatic carbocycles. The third-order valence-electron chi connectivity index (χ3n) is 5.50. The highest BCUT2D eigenvalue weighted by molar-refractivity contribution is 7.93. The lowest BCUT2D eigenvalue weighted by Crippen LogP contribution is -2.51. The van der Waals surface area contributed by atoms with Gasteiger partial charge in [0.2, 0.25) is 0 Å². The Balaban J connectivity index is 2.42. The first-order chi connectivity index (χ1) is 14.3. The lowest BCUT2D eigenvalue weighted by atomic mass is 9.89. The molecule has 0 unspecified atom stereocenters. The van der Waals surface area contributed by atoms with Crippen molar-refractivity contribution in [3.63, 3.8) is 0 Å². The van der Waals surface area contributed by atoms with E-state index in [0.717, 1.165) is 5.56 Å². The van der Waals surface area contributed by atoms with Crippen LogP contribution in [0.15, 0.2) is 78.2 Å². The largest absolute Gasteiger partial charge is 0.466 e. The standard InChI is InChI=1S/C24H31NO4S/c1-5-24(19(3)17-23(26)29-6-2,30(27,28)22-15-11-8-12-16-22)18-25-20(4)21-13-9-7-10-14-21/h5,7-16,19-20,25H,1,6,17-18H2,2-4H3/t19-,20+,24-/m1/s1. The van der Waals surface area contributed by atoms with E-state index >= 15 is 0 Å². The maximum Gasteiger partial charge on any atom is 0.306 e. The number of carbonyl (C=O) groups excluding carboxylic acids is 1. The summed E-state index contributed by atoms with van der Waals surface area (Å²) < 4.78 is 31.2. The third kappa shape index (κ3) is 5.18. The predicted molar refractivity (Wildman–Crippen MR) is 120 cm³/mol. The SMILES string of the molecule is C=C[C@@](CN[C@@H](C)c1ccccc1)([C@H](C)CC(=O)OCC)S(=O)(=O)c1ccccc1. The number of carbonyl (C=O) groups is 1. The van der Waals surface area contributed by atoms with Crippen LogP contribution >= 0.6 is 0 Å². The van der Waals surface area contributed by atoms with Crippen LogP contribution in [-0.2, 0) is 19.4 Å². The highest BCUT2D eigenvalue weighted by Crippen LogP contribution is 2.36. The van der Waals surface area contributed by atoms with E-state index < -0.39 is 26.5 Å². The van der Waals surface area contributed by atoms with E-state index in [2.05, 4.69) is 11.9 Å². The molecule has 5 nitrogen and oxygen atoms in total. The maximum atomic E-state index is 13.8. The summed E-state index contributed by atoms with van der Waals surface area (Å²) in [5.74, 6) is -0.967. The molecule has 0 heterocycles. The molecule has 0 aliphatic rings. The molecule has 0 amide bonds. The molecule has 162 valence electrons. The van der Waals surface area contributed by atoms with Crippen molar-refractivity contribution in [2.45, 2.75) is 42.9 Å². The third-order valence-corrected chi connectivity index (χ3v) is 8.10. The highest BCUT2D eigenvalue weighted by atomic mass is 32.2. The van der Waals surface area contributed by atoms with Gasteiger partial charge in [0, 0.05) is 19.0 Å². The van der Waals surface area contributed by atoms with Crippen LogP contribution in [0, 0.1) is 5.92 Å². The number of nitrogens with one attached hydrogen (secondary N) is 1. The average molecular weight is 430 g/mol. The zero-order valence-electron chi connectivity index (χ0n) is 17.9. The Morgan fingerprint density at radius 2 is 1.67 bits per heavy atom. The van der Waals surface area contributed by atoms with Crippen molar-refractivity contribution in [1.82, 2.24) is 5.32 Å². The second-order valence-electron chi connectivity index (χ2n) is 7.40. The van der Waals surface area contributed by atoms with Gasteiger partial charge < -0.3 is 10.1 Å². The number of hydrogen-bond acceptors (Lipinski definition) is 5. The Morgan fingerprint density at radius 1 is 1.10 bits per heavy atom. The van der Waals surface area contributed by atoms with Gasteiger partial charge in [-0.2, -0.15) is 0 Å². The Labute approximate surface area is 180 Å². The zero-order chi connectivity index (χ0) is 22.2. The van der Waals surface area contributed by atoms with Gasteiger partial charge in [0.1, 0.15) is 4.75 Å². The van der Waals surface area contributed by atoms with Crippen molar-refractivity contribution in [2.24, 2.45) is 5.92 Å². The van der Waals surface area contributed by atoms with Crippen LogP contribution < -0.4 is 5.32 Å². The summed E-state index contributed by atoms with van der Waals surface area (Å²) in [4.78, 5) is 12.4.